The molecule has 2 aromatic heterocycles. The number of hydrogen-bond acceptors (Lipinski definition) is 2. The Morgan fingerprint density at radius 3 is 2.86 bits per heavy atom. The molecule has 3 aromatic rings. The van der Waals surface area contributed by atoms with Crippen molar-refractivity contribution in [1.82, 2.24) is 15.3 Å². The quantitative estimate of drug-likeness (QED) is 0.722. The third kappa shape index (κ3) is 1.52. The van der Waals surface area contributed by atoms with Crippen LogP contribution in [0.15, 0.2) is 30.6 Å². The van der Waals surface area contributed by atoms with Gasteiger partial charge in [0, 0.05) is 46.7 Å². The van der Waals surface area contributed by atoms with E-state index in [1.54, 1.807) is 0 Å². The smallest absolute Gasteiger partial charge is 0.253 e. The molecule has 4 heteroatoms. The van der Waals surface area contributed by atoms with Gasteiger partial charge in [-0.15, -0.1) is 0 Å². The highest BCUT2D eigenvalue weighted by molar-refractivity contribution is 6.15. The van der Waals surface area contributed by atoms with Crippen LogP contribution in [0.3, 0.4) is 0 Å². The van der Waals surface area contributed by atoms with Gasteiger partial charge in [-0.05, 0) is 24.8 Å². The lowest BCUT2D eigenvalue weighted by Crippen LogP contribution is -2.39. The van der Waals surface area contributed by atoms with Crippen LogP contribution in [0, 0.1) is 5.92 Å². The van der Waals surface area contributed by atoms with Gasteiger partial charge < -0.3 is 10.3 Å². The number of aromatic amines is 1. The normalized spacial score (nSPS) is 21.6. The largest absolute Gasteiger partial charge is 0.357 e. The van der Waals surface area contributed by atoms with Crippen LogP contribution in [0.4, 0.5) is 0 Å². The number of rotatable bonds is 1. The lowest BCUT2D eigenvalue weighted by atomic mass is 9.73. The number of nitrogens with one attached hydrogen (secondary N) is 2. The van der Waals surface area contributed by atoms with Crippen LogP contribution in [0.1, 0.15) is 41.2 Å². The fourth-order valence-electron chi connectivity index (χ4n) is 4.01. The molecule has 0 radical (unpaired) electrons. The second-order valence-corrected chi connectivity index (χ2v) is 6.51. The molecule has 1 amide bonds. The first-order valence-corrected chi connectivity index (χ1v) is 7.99. The van der Waals surface area contributed by atoms with Crippen LogP contribution in [0.5, 0.6) is 0 Å². The van der Waals surface area contributed by atoms with Gasteiger partial charge in [-0.25, -0.2) is 0 Å². The molecule has 22 heavy (non-hydrogen) atoms. The summed E-state index contributed by atoms with van der Waals surface area (Å²) in [6.07, 6.45) is 7.56. The molecule has 4 nitrogen and oxygen atoms in total. The minimum absolute atomic E-state index is 0.0604. The van der Waals surface area contributed by atoms with Crippen LogP contribution in [0.25, 0.3) is 21.7 Å². The van der Waals surface area contributed by atoms with Crippen LogP contribution in [-0.2, 0) is 0 Å². The van der Waals surface area contributed by atoms with Crippen LogP contribution < -0.4 is 5.32 Å². The summed E-state index contributed by atoms with van der Waals surface area (Å²) in [4.78, 5) is 20.2. The fourth-order valence-corrected chi connectivity index (χ4v) is 4.01. The van der Waals surface area contributed by atoms with Gasteiger partial charge in [0.2, 0.25) is 0 Å². The Morgan fingerprint density at radius 1 is 1.14 bits per heavy atom. The van der Waals surface area contributed by atoms with E-state index in [-0.39, 0.29) is 5.91 Å². The minimum Gasteiger partial charge on any atom is -0.357 e. The summed E-state index contributed by atoms with van der Waals surface area (Å²) in [5, 5.41) is 6.38. The van der Waals surface area contributed by atoms with E-state index in [0.29, 0.717) is 11.8 Å². The number of amides is 1. The molecule has 1 saturated carbocycles. The van der Waals surface area contributed by atoms with Gasteiger partial charge in [-0.3, -0.25) is 9.78 Å². The number of fused-ring (bicyclic) bond motifs is 5. The molecule has 1 aliphatic carbocycles. The number of hydrogen-bond donors (Lipinski definition) is 2. The van der Waals surface area contributed by atoms with Crippen molar-refractivity contribution in [3.8, 4) is 0 Å². The molecule has 2 N–H and O–H groups in total. The van der Waals surface area contributed by atoms with Crippen LogP contribution in [-0.4, -0.2) is 22.4 Å². The van der Waals surface area contributed by atoms with Crippen molar-refractivity contribution in [2.24, 2.45) is 5.92 Å². The standard InChI is InChI=1S/C18H17N3O/c22-18-15-13-5-4-11-8-19-7-6-12(11)16(13)21-17(15)14(9-20-18)10-2-1-3-10/h4-8,10,14,21H,1-3,9H2,(H,20,22). The number of nitrogens with zero attached hydrogens (tertiary/aromatic N) is 1. The second kappa shape index (κ2) is 4.32. The highest BCUT2D eigenvalue weighted by Crippen LogP contribution is 2.43. The predicted molar refractivity (Wildman–Crippen MR) is 86.0 cm³/mol. The van der Waals surface area contributed by atoms with Crippen LogP contribution >= 0.6 is 0 Å². The zero-order valence-electron chi connectivity index (χ0n) is 12.2. The monoisotopic (exact) mass is 291 g/mol. The average molecular weight is 291 g/mol. The maximum atomic E-state index is 12.4. The van der Waals surface area contributed by atoms with Crippen molar-refractivity contribution in [3.05, 3.63) is 41.9 Å². The maximum absolute atomic E-state index is 12.4. The summed E-state index contributed by atoms with van der Waals surface area (Å²) in [6.45, 7) is 0.767. The van der Waals surface area contributed by atoms with Crippen molar-refractivity contribution in [2.45, 2.75) is 25.2 Å². The van der Waals surface area contributed by atoms with Gasteiger partial charge in [-0.1, -0.05) is 18.6 Å². The maximum Gasteiger partial charge on any atom is 0.253 e. The van der Waals surface area contributed by atoms with Gasteiger partial charge in [0.1, 0.15) is 0 Å². The third-order valence-corrected chi connectivity index (χ3v) is 5.42. The molecule has 1 aliphatic heterocycles. The number of carbonyl (C=O) groups excluding carboxylic acids is 1. The molecule has 1 aromatic carbocycles. The van der Waals surface area contributed by atoms with Gasteiger partial charge in [-0.2, -0.15) is 0 Å². The lowest BCUT2D eigenvalue weighted by Gasteiger charge is -2.36. The molecule has 0 bridgehead atoms. The molecule has 110 valence electrons. The van der Waals surface area contributed by atoms with E-state index in [4.69, 9.17) is 0 Å². The Hall–Kier alpha value is -2.36. The first-order chi connectivity index (χ1) is 10.8. The van der Waals surface area contributed by atoms with Crippen molar-refractivity contribution < 1.29 is 4.79 Å². The number of pyridine rings is 1. The number of carbonyl (C=O) groups is 1. The highest BCUT2D eigenvalue weighted by Gasteiger charge is 2.36. The second-order valence-electron chi connectivity index (χ2n) is 6.51. The van der Waals surface area contributed by atoms with Gasteiger partial charge in [0.15, 0.2) is 0 Å². The zero-order chi connectivity index (χ0) is 14.7. The Balaban J connectivity index is 1.82. The van der Waals surface area contributed by atoms with E-state index in [2.05, 4.69) is 27.4 Å². The molecule has 0 spiro atoms. The van der Waals surface area contributed by atoms with E-state index in [9.17, 15) is 4.79 Å². The number of benzene rings is 1. The molecular formula is C18H17N3O. The van der Waals surface area contributed by atoms with Crippen molar-refractivity contribution in [3.63, 3.8) is 0 Å². The molecule has 0 saturated heterocycles. The zero-order valence-corrected chi connectivity index (χ0v) is 12.2. The first-order valence-electron chi connectivity index (χ1n) is 7.99. The molecule has 3 heterocycles. The third-order valence-electron chi connectivity index (χ3n) is 5.42. The Morgan fingerprint density at radius 2 is 2.05 bits per heavy atom. The predicted octanol–water partition coefficient (Wildman–Crippen LogP) is 3.34. The number of H-pyrrole nitrogens is 1. The minimum atomic E-state index is 0.0604. The summed E-state index contributed by atoms with van der Waals surface area (Å²) >= 11 is 0. The Labute approximate surface area is 127 Å². The molecular weight excluding hydrogens is 274 g/mol. The average Bonchev–Trinajstić information content (AvgIpc) is 2.89. The molecule has 1 atom stereocenters. The molecule has 5 rings (SSSR count). The van der Waals surface area contributed by atoms with E-state index in [0.717, 1.165) is 39.5 Å². The summed E-state index contributed by atoms with van der Waals surface area (Å²) in [6, 6.07) is 6.13. The summed E-state index contributed by atoms with van der Waals surface area (Å²) < 4.78 is 0. The number of aromatic nitrogens is 2. The Kier molecular flexibility index (Phi) is 2.40. The molecule has 2 aliphatic rings. The molecule has 1 unspecified atom stereocenters. The van der Waals surface area contributed by atoms with Gasteiger partial charge in [0.25, 0.3) is 5.91 Å². The lowest BCUT2D eigenvalue weighted by molar-refractivity contribution is 0.0927. The highest BCUT2D eigenvalue weighted by atomic mass is 16.1. The van der Waals surface area contributed by atoms with E-state index < -0.39 is 0 Å². The van der Waals surface area contributed by atoms with E-state index in [1.807, 2.05) is 18.5 Å². The summed E-state index contributed by atoms with van der Waals surface area (Å²) in [5.41, 5.74) is 3.08. The van der Waals surface area contributed by atoms with Crippen molar-refractivity contribution >= 4 is 27.6 Å². The van der Waals surface area contributed by atoms with E-state index >= 15 is 0 Å². The molecule has 1 fully saturated rings. The fraction of sp³-hybridized carbons (Fsp3) is 0.333. The van der Waals surface area contributed by atoms with Gasteiger partial charge >= 0.3 is 0 Å². The Bertz CT molecular complexity index is 907. The first kappa shape index (κ1) is 12.2. The SMILES string of the molecule is O=C1NCC(C2CCC2)c2[nH]c3c(ccc4cnccc43)c21. The van der Waals surface area contributed by atoms with Crippen molar-refractivity contribution in [1.29, 1.82) is 0 Å². The van der Waals surface area contributed by atoms with E-state index in [1.165, 1.54) is 19.3 Å². The summed E-state index contributed by atoms with van der Waals surface area (Å²) in [5.74, 6) is 1.20. The summed E-state index contributed by atoms with van der Waals surface area (Å²) in [7, 11) is 0. The van der Waals surface area contributed by atoms with Crippen molar-refractivity contribution in [2.75, 3.05) is 6.54 Å². The van der Waals surface area contributed by atoms with Crippen LogP contribution in [0.2, 0.25) is 0 Å². The topological polar surface area (TPSA) is 57.8 Å². The van der Waals surface area contributed by atoms with Gasteiger partial charge in [0.05, 0.1) is 11.1 Å².